The topological polar surface area (TPSA) is 56.1 Å². The van der Waals surface area contributed by atoms with E-state index in [1.54, 1.807) is 24.4 Å². The van der Waals surface area contributed by atoms with Gasteiger partial charge in [-0.1, -0.05) is 30.3 Å². The van der Waals surface area contributed by atoms with Crippen molar-refractivity contribution < 1.29 is 13.9 Å². The van der Waals surface area contributed by atoms with Crippen LogP contribution < -0.4 is 10.1 Å². The van der Waals surface area contributed by atoms with Crippen LogP contribution in [0, 0.1) is 5.82 Å². The Kier molecular flexibility index (Phi) is 5.98. The summed E-state index contributed by atoms with van der Waals surface area (Å²) in [5.74, 6) is 0.386. The Balaban J connectivity index is 1.50. The fraction of sp³-hybridized carbons (Fsp3) is 0.200. The number of aromatic nitrogens is 2. The third-order valence-electron chi connectivity index (χ3n) is 5.19. The van der Waals surface area contributed by atoms with Crippen LogP contribution >= 0.6 is 0 Å². The van der Waals surface area contributed by atoms with Crippen LogP contribution in [-0.4, -0.2) is 22.3 Å². The molecule has 5 nitrogen and oxygen atoms in total. The van der Waals surface area contributed by atoms with Gasteiger partial charge in [-0.25, -0.2) is 4.39 Å². The zero-order chi connectivity index (χ0) is 21.8. The Hall–Kier alpha value is -3.67. The van der Waals surface area contributed by atoms with E-state index in [0.717, 1.165) is 27.8 Å². The van der Waals surface area contributed by atoms with E-state index < -0.39 is 0 Å². The van der Waals surface area contributed by atoms with E-state index in [0.29, 0.717) is 18.7 Å². The normalized spacial score (nSPS) is 12.0. The van der Waals surface area contributed by atoms with Gasteiger partial charge in [0.2, 0.25) is 0 Å². The van der Waals surface area contributed by atoms with E-state index in [1.807, 2.05) is 54.9 Å². The Morgan fingerprint density at radius 1 is 1.10 bits per heavy atom. The SMILES string of the molecule is CCOc1ccc(C(C)NC(=O)c2ccc3cnn(Cc4ccc(F)cc4)c3c2)cc1. The van der Waals surface area contributed by atoms with Crippen LogP contribution in [-0.2, 0) is 6.54 Å². The average Bonchev–Trinajstić information content (AvgIpc) is 3.18. The number of nitrogens with zero attached hydrogens (tertiary/aromatic N) is 2. The summed E-state index contributed by atoms with van der Waals surface area (Å²) in [6.07, 6.45) is 1.77. The highest BCUT2D eigenvalue weighted by molar-refractivity contribution is 5.98. The number of carbonyl (C=O) groups excluding carboxylic acids is 1. The largest absolute Gasteiger partial charge is 0.494 e. The summed E-state index contributed by atoms with van der Waals surface area (Å²) in [6, 6.07) is 19.4. The monoisotopic (exact) mass is 417 g/mol. The molecule has 1 N–H and O–H groups in total. The fourth-order valence-electron chi connectivity index (χ4n) is 3.48. The molecular formula is C25H24FN3O2. The lowest BCUT2D eigenvalue weighted by Gasteiger charge is -2.15. The number of hydrogen-bond donors (Lipinski definition) is 1. The molecule has 0 spiro atoms. The Morgan fingerprint density at radius 3 is 2.55 bits per heavy atom. The lowest BCUT2D eigenvalue weighted by molar-refractivity contribution is 0.0940. The van der Waals surface area contributed by atoms with Crippen molar-refractivity contribution in [3.8, 4) is 5.75 Å². The second kappa shape index (κ2) is 9.00. The van der Waals surface area contributed by atoms with E-state index in [1.165, 1.54) is 12.1 Å². The molecule has 0 aliphatic carbocycles. The van der Waals surface area contributed by atoms with Crippen LogP contribution in [0.1, 0.15) is 41.4 Å². The van der Waals surface area contributed by atoms with Gasteiger partial charge in [0.25, 0.3) is 5.91 Å². The molecule has 4 aromatic rings. The van der Waals surface area contributed by atoms with Gasteiger partial charge in [-0.2, -0.15) is 5.10 Å². The summed E-state index contributed by atoms with van der Waals surface area (Å²) >= 11 is 0. The second-order valence-corrected chi connectivity index (χ2v) is 7.40. The van der Waals surface area contributed by atoms with E-state index in [4.69, 9.17) is 4.74 Å². The van der Waals surface area contributed by atoms with Crippen LogP contribution in [0.2, 0.25) is 0 Å². The van der Waals surface area contributed by atoms with Crippen molar-refractivity contribution in [2.45, 2.75) is 26.4 Å². The molecule has 0 aliphatic heterocycles. The molecule has 0 saturated heterocycles. The fourth-order valence-corrected chi connectivity index (χ4v) is 3.48. The summed E-state index contributed by atoms with van der Waals surface area (Å²) in [6.45, 7) is 5.01. The highest BCUT2D eigenvalue weighted by atomic mass is 19.1. The minimum atomic E-state index is -0.269. The molecule has 1 amide bonds. The minimum absolute atomic E-state index is 0.150. The van der Waals surface area contributed by atoms with Gasteiger partial charge >= 0.3 is 0 Å². The number of hydrogen-bond acceptors (Lipinski definition) is 3. The number of benzene rings is 3. The van der Waals surface area contributed by atoms with E-state index in [-0.39, 0.29) is 17.8 Å². The molecule has 1 heterocycles. The molecule has 3 aromatic carbocycles. The molecule has 1 unspecified atom stereocenters. The maximum Gasteiger partial charge on any atom is 0.251 e. The number of halogens is 1. The van der Waals surface area contributed by atoms with Crippen molar-refractivity contribution in [3.05, 3.63) is 95.4 Å². The highest BCUT2D eigenvalue weighted by Crippen LogP contribution is 2.20. The van der Waals surface area contributed by atoms with E-state index in [2.05, 4.69) is 10.4 Å². The van der Waals surface area contributed by atoms with Crippen LogP contribution in [0.3, 0.4) is 0 Å². The van der Waals surface area contributed by atoms with Gasteiger partial charge in [-0.3, -0.25) is 9.48 Å². The summed E-state index contributed by atoms with van der Waals surface area (Å²) < 4.78 is 20.5. The number of ether oxygens (including phenoxy) is 1. The van der Waals surface area contributed by atoms with Crippen molar-refractivity contribution in [3.63, 3.8) is 0 Å². The number of nitrogens with one attached hydrogen (secondary N) is 1. The van der Waals surface area contributed by atoms with Crippen molar-refractivity contribution >= 4 is 16.8 Å². The van der Waals surface area contributed by atoms with Crippen LogP contribution in [0.5, 0.6) is 5.75 Å². The Morgan fingerprint density at radius 2 is 1.84 bits per heavy atom. The van der Waals surface area contributed by atoms with Gasteiger partial charge in [0, 0.05) is 10.9 Å². The van der Waals surface area contributed by atoms with Gasteiger partial charge in [0.05, 0.1) is 30.9 Å². The smallest absolute Gasteiger partial charge is 0.251 e. The number of carbonyl (C=O) groups is 1. The van der Waals surface area contributed by atoms with Gasteiger partial charge in [-0.15, -0.1) is 0 Å². The summed E-state index contributed by atoms with van der Waals surface area (Å²) in [4.78, 5) is 12.9. The zero-order valence-electron chi connectivity index (χ0n) is 17.5. The molecule has 6 heteroatoms. The molecular weight excluding hydrogens is 393 g/mol. The first-order chi connectivity index (χ1) is 15.0. The first-order valence-corrected chi connectivity index (χ1v) is 10.3. The Bertz CT molecular complexity index is 1180. The average molecular weight is 417 g/mol. The molecule has 158 valence electrons. The highest BCUT2D eigenvalue weighted by Gasteiger charge is 2.14. The summed E-state index contributed by atoms with van der Waals surface area (Å²) in [7, 11) is 0. The van der Waals surface area contributed by atoms with Gasteiger partial charge in [0.15, 0.2) is 0 Å². The first kappa shape index (κ1) is 20.6. The number of amides is 1. The zero-order valence-corrected chi connectivity index (χ0v) is 17.5. The van der Waals surface area contributed by atoms with Crippen LogP contribution in [0.25, 0.3) is 10.9 Å². The van der Waals surface area contributed by atoms with Crippen molar-refractivity contribution in [1.29, 1.82) is 0 Å². The van der Waals surface area contributed by atoms with Crippen molar-refractivity contribution in [1.82, 2.24) is 15.1 Å². The predicted octanol–water partition coefficient (Wildman–Crippen LogP) is 5.11. The summed E-state index contributed by atoms with van der Waals surface area (Å²) in [5, 5.41) is 8.41. The number of rotatable bonds is 7. The van der Waals surface area contributed by atoms with Crippen LogP contribution in [0.4, 0.5) is 4.39 Å². The molecule has 1 atom stereocenters. The van der Waals surface area contributed by atoms with Crippen molar-refractivity contribution in [2.24, 2.45) is 0 Å². The maximum absolute atomic E-state index is 13.2. The summed E-state index contributed by atoms with van der Waals surface area (Å²) in [5.41, 5.74) is 3.35. The predicted molar refractivity (Wildman–Crippen MR) is 119 cm³/mol. The lowest BCUT2D eigenvalue weighted by Crippen LogP contribution is -2.26. The molecule has 1 aromatic heterocycles. The second-order valence-electron chi connectivity index (χ2n) is 7.40. The molecule has 0 bridgehead atoms. The first-order valence-electron chi connectivity index (χ1n) is 10.3. The Labute approximate surface area is 180 Å². The van der Waals surface area contributed by atoms with E-state index >= 15 is 0 Å². The third-order valence-corrected chi connectivity index (χ3v) is 5.19. The quantitative estimate of drug-likeness (QED) is 0.454. The molecule has 0 aliphatic rings. The molecule has 0 saturated carbocycles. The van der Waals surface area contributed by atoms with Gasteiger partial charge in [-0.05, 0) is 61.4 Å². The standard InChI is InChI=1S/C25H24FN3O2/c1-3-31-23-12-8-19(9-13-23)17(2)28-25(30)20-6-7-21-15-27-29(24(21)14-20)16-18-4-10-22(26)11-5-18/h4-15,17H,3,16H2,1-2H3,(H,28,30). The van der Waals surface area contributed by atoms with Gasteiger partial charge < -0.3 is 10.1 Å². The molecule has 0 radical (unpaired) electrons. The lowest BCUT2D eigenvalue weighted by atomic mass is 10.1. The van der Waals surface area contributed by atoms with Gasteiger partial charge in [0.1, 0.15) is 11.6 Å². The van der Waals surface area contributed by atoms with E-state index in [9.17, 15) is 9.18 Å². The minimum Gasteiger partial charge on any atom is -0.494 e. The van der Waals surface area contributed by atoms with Crippen LogP contribution in [0.15, 0.2) is 72.9 Å². The molecule has 4 rings (SSSR count). The molecule has 31 heavy (non-hydrogen) atoms. The van der Waals surface area contributed by atoms with Crippen molar-refractivity contribution in [2.75, 3.05) is 6.61 Å². The third kappa shape index (κ3) is 4.74. The number of fused-ring (bicyclic) bond motifs is 1. The maximum atomic E-state index is 13.2. The molecule has 0 fully saturated rings.